The van der Waals surface area contributed by atoms with E-state index in [9.17, 15) is 13.2 Å². The molecule has 0 fully saturated rings. The van der Waals surface area contributed by atoms with Crippen molar-refractivity contribution in [2.45, 2.75) is 36.7 Å². The van der Waals surface area contributed by atoms with E-state index in [1.165, 1.54) is 22.1 Å². The van der Waals surface area contributed by atoms with E-state index in [0.717, 1.165) is 17.7 Å². The first-order valence-electron chi connectivity index (χ1n) is 7.91. The van der Waals surface area contributed by atoms with Gasteiger partial charge in [-0.15, -0.1) is 0 Å². The summed E-state index contributed by atoms with van der Waals surface area (Å²) in [5.74, 6) is -0.986. The van der Waals surface area contributed by atoms with Crippen LogP contribution in [0.15, 0.2) is 33.8 Å². The molecule has 0 saturated heterocycles. The molecule has 0 saturated carbocycles. The highest BCUT2D eigenvalue weighted by atomic mass is 79.9. The van der Waals surface area contributed by atoms with Gasteiger partial charge in [-0.2, -0.15) is 9.40 Å². The lowest BCUT2D eigenvalue weighted by Crippen LogP contribution is -2.33. The number of rotatable bonds is 5. The number of hydrogen-bond donors (Lipinski definition) is 1. The van der Waals surface area contributed by atoms with Crippen molar-refractivity contribution in [3.63, 3.8) is 0 Å². The van der Waals surface area contributed by atoms with Gasteiger partial charge >= 0.3 is 5.97 Å². The molecule has 1 aliphatic rings. The number of hydrogen-bond acceptors (Lipinski definition) is 4. The summed E-state index contributed by atoms with van der Waals surface area (Å²) in [4.78, 5) is 11.0. The fraction of sp³-hybridized carbons (Fsp3) is 0.375. The van der Waals surface area contributed by atoms with Crippen molar-refractivity contribution in [3.8, 4) is 0 Å². The van der Waals surface area contributed by atoms with Gasteiger partial charge in [-0.3, -0.25) is 9.48 Å². The number of sulfonamides is 1. The van der Waals surface area contributed by atoms with Crippen LogP contribution in [-0.4, -0.2) is 40.6 Å². The molecule has 140 valence electrons. The molecule has 7 nitrogen and oxygen atoms in total. The van der Waals surface area contributed by atoms with Gasteiger partial charge in [0.1, 0.15) is 11.4 Å². The van der Waals surface area contributed by atoms with E-state index in [2.05, 4.69) is 21.0 Å². The summed E-state index contributed by atoms with van der Waals surface area (Å²) in [5.41, 5.74) is 1.52. The molecule has 0 radical (unpaired) electrons. The Hall–Kier alpha value is -1.42. The van der Waals surface area contributed by atoms with Crippen molar-refractivity contribution >= 4 is 43.5 Å². The molecule has 0 spiro atoms. The zero-order valence-corrected chi connectivity index (χ0v) is 17.1. The lowest BCUT2D eigenvalue weighted by atomic mass is 9.93. The van der Waals surface area contributed by atoms with Crippen LogP contribution in [0.3, 0.4) is 0 Å². The van der Waals surface area contributed by atoms with Gasteiger partial charge in [-0.1, -0.05) is 27.5 Å². The highest BCUT2D eigenvalue weighted by Gasteiger charge is 2.35. The van der Waals surface area contributed by atoms with Gasteiger partial charge in [0.2, 0.25) is 10.0 Å². The first-order chi connectivity index (χ1) is 12.2. The van der Waals surface area contributed by atoms with Crippen LogP contribution in [-0.2, 0) is 27.8 Å². The molecular formula is C16H17BrClN3O4S. The zero-order valence-electron chi connectivity index (χ0n) is 13.9. The van der Waals surface area contributed by atoms with Gasteiger partial charge in [0, 0.05) is 22.8 Å². The van der Waals surface area contributed by atoms with E-state index in [1.807, 2.05) is 0 Å². The van der Waals surface area contributed by atoms with Crippen LogP contribution in [0.2, 0.25) is 5.02 Å². The van der Waals surface area contributed by atoms with Crippen LogP contribution in [0.1, 0.15) is 30.1 Å². The average Bonchev–Trinajstić information content (AvgIpc) is 2.96. The van der Waals surface area contributed by atoms with E-state index < -0.39 is 22.0 Å². The van der Waals surface area contributed by atoms with E-state index >= 15 is 0 Å². The first kappa shape index (κ1) is 19.3. The number of nitrogens with zero attached hydrogens (tertiary/aromatic N) is 3. The summed E-state index contributed by atoms with van der Waals surface area (Å²) in [6.07, 6.45) is 3.62. The lowest BCUT2D eigenvalue weighted by Gasteiger charge is -2.31. The highest BCUT2D eigenvalue weighted by Crippen LogP contribution is 2.37. The van der Waals surface area contributed by atoms with Crippen LogP contribution in [0.5, 0.6) is 0 Å². The monoisotopic (exact) mass is 461 g/mol. The molecule has 1 heterocycles. The van der Waals surface area contributed by atoms with Gasteiger partial charge in [0.25, 0.3) is 0 Å². The van der Waals surface area contributed by atoms with Crippen molar-refractivity contribution in [1.29, 1.82) is 0 Å². The molecule has 3 rings (SSSR count). The number of fused-ring (bicyclic) bond motifs is 1. The predicted octanol–water partition coefficient (Wildman–Crippen LogP) is 3.08. The molecule has 1 aromatic carbocycles. The minimum absolute atomic E-state index is 0.0370. The first-order valence-corrected chi connectivity index (χ1v) is 10.5. The Morgan fingerprint density at radius 3 is 2.88 bits per heavy atom. The summed E-state index contributed by atoms with van der Waals surface area (Å²) in [6.45, 7) is -0.239. The maximum Gasteiger partial charge on any atom is 0.325 e. The molecule has 1 N–H and O–H groups in total. The summed E-state index contributed by atoms with van der Waals surface area (Å²) < 4.78 is 29.5. The lowest BCUT2D eigenvalue weighted by molar-refractivity contribution is -0.137. The molecule has 0 aliphatic heterocycles. The zero-order chi connectivity index (χ0) is 19.1. The molecule has 0 unspecified atom stereocenters. The highest BCUT2D eigenvalue weighted by molar-refractivity contribution is 9.10. The second-order valence-corrected chi connectivity index (χ2v) is 9.39. The largest absolute Gasteiger partial charge is 0.480 e. The minimum atomic E-state index is -3.82. The van der Waals surface area contributed by atoms with Crippen molar-refractivity contribution in [3.05, 3.63) is 45.1 Å². The number of carbonyl (C=O) groups is 1. The van der Waals surface area contributed by atoms with E-state index in [1.54, 1.807) is 18.3 Å². The van der Waals surface area contributed by atoms with Crippen molar-refractivity contribution < 1.29 is 18.3 Å². The van der Waals surface area contributed by atoms with Gasteiger partial charge in [0.05, 0.1) is 17.3 Å². The summed E-state index contributed by atoms with van der Waals surface area (Å²) >= 11 is 9.41. The van der Waals surface area contributed by atoms with Gasteiger partial charge in [0.15, 0.2) is 0 Å². The van der Waals surface area contributed by atoms with E-state index in [4.69, 9.17) is 16.7 Å². The van der Waals surface area contributed by atoms with Crippen LogP contribution in [0.4, 0.5) is 0 Å². The van der Waals surface area contributed by atoms with Gasteiger partial charge in [-0.05, 0) is 37.5 Å². The van der Waals surface area contributed by atoms with E-state index in [0.29, 0.717) is 17.3 Å². The smallest absolute Gasteiger partial charge is 0.325 e. The molecule has 1 aromatic heterocycles. The Morgan fingerprint density at radius 1 is 1.50 bits per heavy atom. The van der Waals surface area contributed by atoms with Crippen molar-refractivity contribution in [2.24, 2.45) is 0 Å². The Balaban J connectivity index is 1.97. The maximum atomic E-state index is 13.1. The molecule has 2 aromatic rings. The van der Waals surface area contributed by atoms with Crippen molar-refractivity contribution in [1.82, 2.24) is 14.1 Å². The van der Waals surface area contributed by atoms with Crippen molar-refractivity contribution in [2.75, 3.05) is 7.05 Å². The number of aliphatic carboxylic acids is 1. The molecule has 0 bridgehead atoms. The molecule has 10 heteroatoms. The third kappa shape index (κ3) is 3.53. The minimum Gasteiger partial charge on any atom is -0.480 e. The van der Waals surface area contributed by atoms with Crippen LogP contribution in [0, 0.1) is 0 Å². The number of aromatic nitrogens is 2. The standard InChI is InChI=1S/C16H17BrClN3O4S/c1-20(26(24,25)15-6-5-10(17)7-12(15)18)13-3-2-4-14-11(13)8-19-21(14)9-16(22)23/h5-8,13H,2-4,9H2,1H3,(H,22,23)/t13-/m1/s1. The Labute approximate surface area is 164 Å². The number of benzene rings is 1. The normalized spacial score (nSPS) is 17.3. The molecule has 1 atom stereocenters. The van der Waals surface area contributed by atoms with Crippen LogP contribution < -0.4 is 0 Å². The SMILES string of the molecule is CN([C@@H]1CCCc2c1cnn2CC(=O)O)S(=O)(=O)c1ccc(Br)cc1Cl. The number of carboxylic acid groups (broad SMARTS) is 1. The summed E-state index contributed by atoms with van der Waals surface area (Å²) in [7, 11) is -2.30. The molecule has 0 amide bonds. The Bertz CT molecular complexity index is 960. The second kappa shape index (κ2) is 7.30. The summed E-state index contributed by atoms with van der Waals surface area (Å²) in [6, 6.07) is 4.23. The fourth-order valence-corrected chi connectivity index (χ4v) is 5.62. The third-order valence-corrected chi connectivity index (χ3v) is 7.35. The average molecular weight is 463 g/mol. The second-order valence-electron chi connectivity index (χ2n) is 6.10. The Morgan fingerprint density at radius 2 is 2.23 bits per heavy atom. The van der Waals surface area contributed by atoms with Crippen LogP contribution >= 0.6 is 27.5 Å². The Kier molecular flexibility index (Phi) is 5.43. The van der Waals surface area contributed by atoms with Gasteiger partial charge < -0.3 is 5.11 Å². The number of halogens is 2. The molecule has 26 heavy (non-hydrogen) atoms. The fourth-order valence-electron chi connectivity index (χ4n) is 3.24. The quantitative estimate of drug-likeness (QED) is 0.737. The third-order valence-electron chi connectivity index (χ3n) is 4.51. The van der Waals surface area contributed by atoms with Crippen LogP contribution in [0.25, 0.3) is 0 Å². The van der Waals surface area contributed by atoms with Gasteiger partial charge in [-0.25, -0.2) is 8.42 Å². The maximum absolute atomic E-state index is 13.1. The molecular weight excluding hydrogens is 446 g/mol. The summed E-state index contributed by atoms with van der Waals surface area (Å²) in [5, 5.41) is 13.3. The predicted molar refractivity (Wildman–Crippen MR) is 99.6 cm³/mol. The topological polar surface area (TPSA) is 92.5 Å². The van der Waals surface area contributed by atoms with E-state index in [-0.39, 0.29) is 16.5 Å². The molecule has 1 aliphatic carbocycles. The number of carboxylic acids is 1.